The van der Waals surface area contributed by atoms with Crippen LogP contribution in [0.1, 0.15) is 23.0 Å². The average Bonchev–Trinajstić information content (AvgIpc) is 3.44. The van der Waals surface area contributed by atoms with E-state index in [-0.39, 0.29) is 11.5 Å². The smallest absolute Gasteiger partial charge is 0.338 e. The number of carbonyl (C=O) groups is 2. The average molecular weight is 443 g/mol. The van der Waals surface area contributed by atoms with E-state index in [1.54, 1.807) is 43.3 Å². The molecule has 0 aliphatic heterocycles. The summed E-state index contributed by atoms with van der Waals surface area (Å²) in [6.45, 7) is 2.06. The Hall–Kier alpha value is -4.22. The molecule has 0 aliphatic rings. The van der Waals surface area contributed by atoms with Crippen molar-refractivity contribution in [2.24, 2.45) is 0 Å². The number of para-hydroxylation sites is 1. The summed E-state index contributed by atoms with van der Waals surface area (Å²) in [5.74, 6) is -0.0655. The molecule has 1 amide bonds. The molecule has 2 aromatic carbocycles. The number of rotatable bonds is 6. The van der Waals surface area contributed by atoms with Crippen LogP contribution in [0.15, 0.2) is 70.7 Å². The van der Waals surface area contributed by atoms with Crippen LogP contribution in [-0.2, 0) is 9.53 Å². The molecular formula is C24H17N3O4S. The van der Waals surface area contributed by atoms with Gasteiger partial charge < -0.3 is 9.15 Å². The Bertz CT molecular complexity index is 1330. The van der Waals surface area contributed by atoms with Crippen LogP contribution in [0.4, 0.5) is 5.13 Å². The highest BCUT2D eigenvalue weighted by Gasteiger charge is 2.14. The number of hydrogen-bond donors (Lipinski definition) is 1. The molecule has 0 unspecified atom stereocenters. The number of aromatic nitrogens is 1. The van der Waals surface area contributed by atoms with Gasteiger partial charge in [-0.25, -0.2) is 9.78 Å². The van der Waals surface area contributed by atoms with Crippen molar-refractivity contribution in [3.05, 3.63) is 77.6 Å². The molecule has 0 atom stereocenters. The summed E-state index contributed by atoms with van der Waals surface area (Å²) in [5.41, 5.74) is 1.86. The Morgan fingerprint density at radius 3 is 2.66 bits per heavy atom. The predicted octanol–water partition coefficient (Wildman–Crippen LogP) is 5.28. The van der Waals surface area contributed by atoms with Crippen molar-refractivity contribution in [1.82, 2.24) is 4.98 Å². The SMILES string of the molecule is CCOC(=O)c1ccc(-c2ccc(/C=C(\C#N)C(=O)Nc3nc4ccccc4s3)o2)cc1. The Morgan fingerprint density at radius 1 is 1.16 bits per heavy atom. The number of nitrogens with one attached hydrogen (secondary N) is 1. The van der Waals surface area contributed by atoms with E-state index >= 15 is 0 Å². The fourth-order valence-electron chi connectivity index (χ4n) is 2.95. The number of fused-ring (bicyclic) bond motifs is 1. The molecule has 32 heavy (non-hydrogen) atoms. The number of ether oxygens (including phenoxy) is 1. The minimum Gasteiger partial charge on any atom is -0.462 e. The zero-order chi connectivity index (χ0) is 22.5. The van der Waals surface area contributed by atoms with E-state index in [0.29, 0.717) is 28.8 Å². The lowest BCUT2D eigenvalue weighted by Gasteiger charge is -2.02. The van der Waals surface area contributed by atoms with Gasteiger partial charge in [-0.1, -0.05) is 35.6 Å². The third kappa shape index (κ3) is 4.58. The third-order valence-corrected chi connectivity index (χ3v) is 5.43. The molecule has 7 nitrogen and oxygen atoms in total. The summed E-state index contributed by atoms with van der Waals surface area (Å²) in [6.07, 6.45) is 1.37. The van der Waals surface area contributed by atoms with Crippen molar-refractivity contribution in [3.63, 3.8) is 0 Å². The van der Waals surface area contributed by atoms with E-state index in [2.05, 4.69) is 10.3 Å². The summed E-state index contributed by atoms with van der Waals surface area (Å²) < 4.78 is 11.7. The number of anilines is 1. The van der Waals surface area contributed by atoms with Gasteiger partial charge in [0.2, 0.25) is 0 Å². The molecule has 0 radical (unpaired) electrons. The van der Waals surface area contributed by atoms with Gasteiger partial charge in [-0.05, 0) is 43.3 Å². The van der Waals surface area contributed by atoms with Crippen molar-refractivity contribution in [2.75, 3.05) is 11.9 Å². The molecule has 158 valence electrons. The molecule has 0 spiro atoms. The number of esters is 1. The quantitative estimate of drug-likeness (QED) is 0.247. The molecule has 0 aliphatic carbocycles. The van der Waals surface area contributed by atoms with Crippen LogP contribution in [0.2, 0.25) is 0 Å². The van der Waals surface area contributed by atoms with Crippen LogP contribution >= 0.6 is 11.3 Å². The van der Waals surface area contributed by atoms with Gasteiger partial charge in [0.05, 0.1) is 22.4 Å². The molecule has 0 saturated heterocycles. The molecule has 0 fully saturated rings. The van der Waals surface area contributed by atoms with Crippen molar-refractivity contribution < 1.29 is 18.7 Å². The third-order valence-electron chi connectivity index (χ3n) is 4.47. The minimum atomic E-state index is -0.566. The van der Waals surface area contributed by atoms with Crippen molar-refractivity contribution in [1.29, 1.82) is 5.26 Å². The van der Waals surface area contributed by atoms with Crippen LogP contribution in [-0.4, -0.2) is 23.5 Å². The van der Waals surface area contributed by atoms with Crippen molar-refractivity contribution in [3.8, 4) is 17.4 Å². The fraction of sp³-hybridized carbons (Fsp3) is 0.0833. The molecule has 8 heteroatoms. The standard InChI is InChI=1S/C24H17N3O4S/c1-2-30-23(29)16-9-7-15(8-10-16)20-12-11-18(31-20)13-17(14-25)22(28)27-24-26-19-5-3-4-6-21(19)32-24/h3-13H,2H2,1H3,(H,26,27,28)/b17-13+. The van der Waals surface area contributed by atoms with Crippen molar-refractivity contribution >= 4 is 44.6 Å². The molecular weight excluding hydrogens is 426 g/mol. The second-order valence-corrected chi connectivity index (χ2v) is 7.64. The molecule has 4 rings (SSSR count). The Labute approximate surface area is 187 Å². The summed E-state index contributed by atoms with van der Waals surface area (Å²) in [5, 5.41) is 12.5. The first-order chi connectivity index (χ1) is 15.6. The van der Waals surface area contributed by atoms with Gasteiger partial charge in [0.25, 0.3) is 5.91 Å². The number of nitriles is 1. The van der Waals surface area contributed by atoms with Gasteiger partial charge in [0.15, 0.2) is 5.13 Å². The highest BCUT2D eigenvalue weighted by atomic mass is 32.1. The van der Waals surface area contributed by atoms with Crippen LogP contribution in [0.25, 0.3) is 27.6 Å². The van der Waals surface area contributed by atoms with Crippen LogP contribution in [0, 0.1) is 11.3 Å². The first-order valence-electron chi connectivity index (χ1n) is 9.73. The van der Waals surface area contributed by atoms with E-state index in [9.17, 15) is 14.9 Å². The van der Waals surface area contributed by atoms with Gasteiger partial charge in [-0.15, -0.1) is 0 Å². The Balaban J connectivity index is 1.49. The lowest BCUT2D eigenvalue weighted by Crippen LogP contribution is -2.13. The Kier molecular flexibility index (Phi) is 6.10. The maximum atomic E-state index is 12.5. The van der Waals surface area contributed by atoms with E-state index in [4.69, 9.17) is 9.15 Å². The second kappa shape index (κ2) is 9.29. The zero-order valence-electron chi connectivity index (χ0n) is 17.0. The number of carbonyl (C=O) groups excluding carboxylic acids is 2. The highest BCUT2D eigenvalue weighted by Crippen LogP contribution is 2.27. The number of thiazole rings is 1. The largest absolute Gasteiger partial charge is 0.462 e. The zero-order valence-corrected chi connectivity index (χ0v) is 17.8. The van der Waals surface area contributed by atoms with E-state index in [0.717, 1.165) is 15.8 Å². The topological polar surface area (TPSA) is 105 Å². The molecule has 4 aromatic rings. The monoisotopic (exact) mass is 443 g/mol. The summed E-state index contributed by atoms with van der Waals surface area (Å²) in [7, 11) is 0. The highest BCUT2D eigenvalue weighted by molar-refractivity contribution is 7.22. The molecule has 2 heterocycles. The molecule has 1 N–H and O–H groups in total. The maximum Gasteiger partial charge on any atom is 0.338 e. The van der Waals surface area contributed by atoms with E-state index in [1.165, 1.54) is 17.4 Å². The first-order valence-corrected chi connectivity index (χ1v) is 10.5. The maximum absolute atomic E-state index is 12.5. The van der Waals surface area contributed by atoms with Gasteiger partial charge in [0, 0.05) is 11.6 Å². The van der Waals surface area contributed by atoms with Gasteiger partial charge in [0.1, 0.15) is 23.2 Å². The van der Waals surface area contributed by atoms with Crippen LogP contribution < -0.4 is 5.32 Å². The summed E-state index contributed by atoms with van der Waals surface area (Å²) in [4.78, 5) is 28.7. The Morgan fingerprint density at radius 2 is 1.94 bits per heavy atom. The molecule has 0 saturated carbocycles. The second-order valence-electron chi connectivity index (χ2n) is 6.61. The normalized spacial score (nSPS) is 11.2. The number of hydrogen-bond acceptors (Lipinski definition) is 7. The summed E-state index contributed by atoms with van der Waals surface area (Å²) in [6, 6.07) is 19.6. The van der Waals surface area contributed by atoms with Crippen LogP contribution in [0.5, 0.6) is 0 Å². The molecule has 0 bridgehead atoms. The van der Waals surface area contributed by atoms with Crippen LogP contribution in [0.3, 0.4) is 0 Å². The lowest BCUT2D eigenvalue weighted by atomic mass is 10.1. The molecule has 2 aromatic heterocycles. The van der Waals surface area contributed by atoms with E-state index in [1.807, 2.05) is 30.3 Å². The van der Waals surface area contributed by atoms with Gasteiger partial charge in [-0.2, -0.15) is 5.26 Å². The van der Waals surface area contributed by atoms with Gasteiger partial charge in [-0.3, -0.25) is 10.1 Å². The number of amides is 1. The minimum absolute atomic E-state index is 0.109. The first kappa shape index (κ1) is 21.0. The predicted molar refractivity (Wildman–Crippen MR) is 122 cm³/mol. The van der Waals surface area contributed by atoms with Gasteiger partial charge >= 0.3 is 5.97 Å². The summed E-state index contributed by atoms with van der Waals surface area (Å²) >= 11 is 1.33. The number of benzene rings is 2. The number of nitrogens with zero attached hydrogens (tertiary/aromatic N) is 2. The van der Waals surface area contributed by atoms with E-state index < -0.39 is 5.91 Å². The van der Waals surface area contributed by atoms with Crippen molar-refractivity contribution in [2.45, 2.75) is 6.92 Å². The lowest BCUT2D eigenvalue weighted by molar-refractivity contribution is -0.112. The fourth-order valence-corrected chi connectivity index (χ4v) is 3.81. The number of furan rings is 1.